The number of anilines is 2. The van der Waals surface area contributed by atoms with E-state index in [1.807, 2.05) is 26.0 Å². The quantitative estimate of drug-likeness (QED) is 0.302. The van der Waals surface area contributed by atoms with E-state index in [1.54, 1.807) is 6.08 Å². The second-order valence-electron chi connectivity index (χ2n) is 11.4. The summed E-state index contributed by atoms with van der Waals surface area (Å²) in [6.45, 7) is 3.77. The van der Waals surface area contributed by atoms with E-state index in [1.165, 1.54) is 26.4 Å². The lowest BCUT2D eigenvalue weighted by molar-refractivity contribution is -0.137. The highest BCUT2D eigenvalue weighted by Crippen LogP contribution is 2.52. The minimum Gasteiger partial charge on any atom is -0.480 e. The molecule has 4 heterocycles. The SMILES string of the molecule is CCN1C(=O)C(=c2s/c(=c3/sc(=Cc4ccc5c(c4)C4CCCC4N5c4ccccc4)c(=O)n3CC(=O)O)c(=O)n2CC)SC1=S. The predicted molar refractivity (Wildman–Crippen MR) is 187 cm³/mol. The molecule has 2 unspecified atom stereocenters. The molecule has 13 heteroatoms. The van der Waals surface area contributed by atoms with Crippen LogP contribution < -0.4 is 25.2 Å². The van der Waals surface area contributed by atoms with Gasteiger partial charge in [-0.2, -0.15) is 0 Å². The molecule has 1 saturated carbocycles. The Labute approximate surface area is 281 Å². The fourth-order valence-corrected chi connectivity index (χ4v) is 10.8. The Kier molecular flexibility index (Phi) is 8.12. The van der Waals surface area contributed by atoms with Gasteiger partial charge < -0.3 is 10.0 Å². The summed E-state index contributed by atoms with van der Waals surface area (Å²) in [5, 5.41) is 9.72. The summed E-state index contributed by atoms with van der Waals surface area (Å²) in [5.74, 6) is -1.05. The van der Waals surface area contributed by atoms with E-state index in [0.717, 1.165) is 63.8 Å². The van der Waals surface area contributed by atoms with E-state index in [0.29, 0.717) is 43.5 Å². The van der Waals surface area contributed by atoms with Crippen LogP contribution in [0.4, 0.5) is 11.4 Å². The molecule has 1 N–H and O–H groups in total. The maximum absolute atomic E-state index is 13.7. The topological polar surface area (TPSA) is 105 Å². The molecular weight excluding hydrogens is 661 g/mol. The fourth-order valence-electron chi connectivity index (χ4n) is 6.81. The van der Waals surface area contributed by atoms with Crippen molar-refractivity contribution < 1.29 is 14.7 Å². The molecule has 46 heavy (non-hydrogen) atoms. The fraction of sp³-hybridized carbons (Fsp3) is 0.303. The minimum atomic E-state index is -1.19. The molecule has 1 aliphatic carbocycles. The van der Waals surface area contributed by atoms with Gasteiger partial charge in [0.15, 0.2) is 0 Å². The van der Waals surface area contributed by atoms with E-state index in [2.05, 4.69) is 41.3 Å². The van der Waals surface area contributed by atoms with Gasteiger partial charge in [-0.25, -0.2) is 0 Å². The third kappa shape index (κ3) is 5.00. The summed E-state index contributed by atoms with van der Waals surface area (Å²) < 4.78 is 4.36. The predicted octanol–water partition coefficient (Wildman–Crippen LogP) is 4.13. The van der Waals surface area contributed by atoms with Gasteiger partial charge >= 0.3 is 5.97 Å². The molecule has 0 spiro atoms. The first kappa shape index (κ1) is 30.9. The first-order valence-electron chi connectivity index (χ1n) is 15.1. The number of thiazole rings is 2. The van der Waals surface area contributed by atoms with Crippen LogP contribution in [0.1, 0.15) is 50.2 Å². The van der Waals surface area contributed by atoms with Crippen molar-refractivity contribution in [2.75, 3.05) is 11.4 Å². The van der Waals surface area contributed by atoms with Crippen LogP contribution >= 0.6 is 46.7 Å². The second-order valence-corrected chi connectivity index (χ2v) is 15.0. The van der Waals surface area contributed by atoms with Gasteiger partial charge in [0.05, 0.1) is 4.53 Å². The van der Waals surface area contributed by atoms with Crippen LogP contribution in [0.5, 0.6) is 0 Å². The summed E-state index contributed by atoms with van der Waals surface area (Å²) in [7, 11) is 0. The van der Waals surface area contributed by atoms with Gasteiger partial charge in [-0.05, 0) is 68.2 Å². The van der Waals surface area contributed by atoms with Crippen molar-refractivity contribution in [3.63, 3.8) is 0 Å². The van der Waals surface area contributed by atoms with Crippen molar-refractivity contribution in [3.05, 3.63) is 98.8 Å². The zero-order valence-electron chi connectivity index (χ0n) is 25.1. The van der Waals surface area contributed by atoms with E-state index >= 15 is 0 Å². The van der Waals surface area contributed by atoms with Crippen molar-refractivity contribution in [3.8, 4) is 0 Å². The molecule has 0 bridgehead atoms. The number of nitrogens with zero attached hydrogens (tertiary/aromatic N) is 4. The average molecular weight is 691 g/mol. The first-order chi connectivity index (χ1) is 22.2. The highest BCUT2D eigenvalue weighted by molar-refractivity contribution is 8.30. The highest BCUT2D eigenvalue weighted by Gasteiger charge is 2.42. The molecule has 2 aromatic heterocycles. The number of carbonyl (C=O) groups excluding carboxylic acids is 1. The van der Waals surface area contributed by atoms with Gasteiger partial charge in [-0.15, -0.1) is 22.7 Å². The number of benzene rings is 2. The molecule has 2 fully saturated rings. The lowest BCUT2D eigenvalue weighted by Crippen LogP contribution is -2.31. The Balaban J connectivity index is 1.42. The van der Waals surface area contributed by atoms with Gasteiger partial charge in [0, 0.05) is 36.4 Å². The maximum Gasteiger partial charge on any atom is 0.323 e. The molecule has 1 saturated heterocycles. The third-order valence-corrected chi connectivity index (χ3v) is 12.8. The number of thioether (sulfide) groups is 1. The van der Waals surface area contributed by atoms with Gasteiger partial charge in [-0.1, -0.05) is 54.7 Å². The lowest BCUT2D eigenvalue weighted by Gasteiger charge is -2.27. The monoisotopic (exact) mass is 690 g/mol. The van der Waals surface area contributed by atoms with Crippen LogP contribution in [0.25, 0.3) is 11.0 Å². The molecule has 4 aromatic rings. The molecular formula is C33H30N4O5S4. The number of carbonyl (C=O) groups is 2. The number of rotatable bonds is 6. The zero-order valence-corrected chi connectivity index (χ0v) is 28.4. The van der Waals surface area contributed by atoms with Crippen LogP contribution in [0.15, 0.2) is 58.1 Å². The van der Waals surface area contributed by atoms with E-state index < -0.39 is 18.1 Å². The maximum atomic E-state index is 13.7. The highest BCUT2D eigenvalue weighted by atomic mass is 32.2. The van der Waals surface area contributed by atoms with Gasteiger partial charge in [-0.3, -0.25) is 33.2 Å². The smallest absolute Gasteiger partial charge is 0.323 e. The third-order valence-electron chi connectivity index (χ3n) is 8.81. The molecule has 1 amide bonds. The Bertz CT molecular complexity index is 2270. The average Bonchev–Trinajstić information content (AvgIpc) is 3.83. The van der Waals surface area contributed by atoms with Crippen molar-refractivity contribution >= 4 is 85.2 Å². The molecule has 0 radical (unpaired) electrons. The summed E-state index contributed by atoms with van der Waals surface area (Å²) in [4.78, 5) is 56.8. The molecule has 2 aromatic carbocycles. The van der Waals surface area contributed by atoms with E-state index in [4.69, 9.17) is 12.2 Å². The number of hydrogen-bond acceptors (Lipinski definition) is 9. The first-order valence-corrected chi connectivity index (χ1v) is 18.0. The molecule has 7 rings (SSSR count). The Morgan fingerprint density at radius 1 is 0.978 bits per heavy atom. The van der Waals surface area contributed by atoms with Crippen LogP contribution in [0.2, 0.25) is 0 Å². The standard InChI is InChI=1S/C33H30N4O5S4/c1-3-34-29(41)26(45-31(34)27-30(42)35(4-2)33(43)46-27)32-36(17-25(38)39)28(40)24(44-32)16-18-13-14-23-21(15-18)20-11-8-12-22(20)37(23)19-9-6-5-7-10-19/h5-7,9-10,13-16,20,22H,3-4,8,11-12,17H2,1-2H3,(H,38,39)/b24-16?,31-27?,32-26+. The number of carboxylic acids is 1. The lowest BCUT2D eigenvalue weighted by atomic mass is 9.96. The van der Waals surface area contributed by atoms with Crippen LogP contribution in [0.3, 0.4) is 0 Å². The normalized spacial score (nSPS) is 21.4. The molecule has 2 aliphatic heterocycles. The Morgan fingerprint density at radius 3 is 2.46 bits per heavy atom. The minimum absolute atomic E-state index is 0.225. The van der Waals surface area contributed by atoms with Gasteiger partial charge in [0.1, 0.15) is 29.6 Å². The number of fused-ring (bicyclic) bond motifs is 3. The van der Waals surface area contributed by atoms with Crippen LogP contribution in [0, 0.1) is 9.20 Å². The van der Waals surface area contributed by atoms with Gasteiger partial charge in [0.2, 0.25) is 0 Å². The number of hydrogen-bond donors (Lipinski definition) is 1. The second kappa shape index (κ2) is 12.1. The van der Waals surface area contributed by atoms with Crippen molar-refractivity contribution in [1.29, 1.82) is 0 Å². The zero-order chi connectivity index (χ0) is 32.3. The number of carboxylic acid groups (broad SMARTS) is 1. The van der Waals surface area contributed by atoms with E-state index in [-0.39, 0.29) is 20.7 Å². The molecule has 9 nitrogen and oxygen atoms in total. The Hall–Kier alpha value is -3.78. The van der Waals surface area contributed by atoms with Gasteiger partial charge in [0.25, 0.3) is 17.0 Å². The molecule has 2 atom stereocenters. The largest absolute Gasteiger partial charge is 0.480 e. The summed E-state index contributed by atoms with van der Waals surface area (Å²) in [6, 6.07) is 17.1. The Morgan fingerprint density at radius 2 is 1.76 bits per heavy atom. The summed E-state index contributed by atoms with van der Waals surface area (Å²) in [5.41, 5.74) is 3.61. The molecule has 236 valence electrons. The number of para-hydroxylation sites is 1. The van der Waals surface area contributed by atoms with Crippen LogP contribution in [-0.2, 0) is 22.7 Å². The number of aromatic nitrogens is 2. The number of amides is 1. The van der Waals surface area contributed by atoms with Crippen molar-refractivity contribution in [2.24, 2.45) is 0 Å². The summed E-state index contributed by atoms with van der Waals surface area (Å²) in [6.07, 6.45) is 5.17. The van der Waals surface area contributed by atoms with Crippen molar-refractivity contribution in [2.45, 2.75) is 58.2 Å². The molecule has 3 aliphatic rings. The van der Waals surface area contributed by atoms with E-state index in [9.17, 15) is 24.3 Å². The number of thiocarbonyl (C=S) groups is 1. The van der Waals surface area contributed by atoms with Crippen LogP contribution in [-0.4, -0.2) is 47.9 Å². The van der Waals surface area contributed by atoms with Crippen molar-refractivity contribution in [1.82, 2.24) is 14.0 Å². The summed E-state index contributed by atoms with van der Waals surface area (Å²) >= 11 is 8.74. The number of aliphatic carboxylic acids is 1.